The molecule has 2 aromatic carbocycles. The van der Waals surface area contributed by atoms with Gasteiger partial charge in [0.25, 0.3) is 5.91 Å². The van der Waals surface area contributed by atoms with E-state index in [1.807, 2.05) is 19.1 Å². The molecule has 0 aliphatic rings. The Morgan fingerprint density at radius 3 is 2.71 bits per heavy atom. The second-order valence-corrected chi connectivity index (χ2v) is 4.75. The quantitative estimate of drug-likeness (QED) is 0.806. The molecule has 1 unspecified atom stereocenters. The van der Waals surface area contributed by atoms with Gasteiger partial charge in [-0.15, -0.1) is 0 Å². The molecule has 110 valence electrons. The molecule has 2 aromatic rings. The maximum absolute atomic E-state index is 12.2. The van der Waals surface area contributed by atoms with Gasteiger partial charge in [-0.1, -0.05) is 12.1 Å². The van der Waals surface area contributed by atoms with Crippen LogP contribution in [0.4, 0.5) is 5.69 Å². The van der Waals surface area contributed by atoms with Gasteiger partial charge in [0.2, 0.25) is 0 Å². The molecule has 0 aliphatic heterocycles. The summed E-state index contributed by atoms with van der Waals surface area (Å²) in [6.45, 7) is 1.87. The molecule has 4 N–H and O–H groups in total. The number of amides is 1. The number of nitrogens with one attached hydrogen (secondary N) is 1. The van der Waals surface area contributed by atoms with Crippen molar-refractivity contribution in [3.8, 4) is 11.5 Å². The average Bonchev–Trinajstić information content (AvgIpc) is 2.48. The third-order valence-electron chi connectivity index (χ3n) is 3.12. The Kier molecular flexibility index (Phi) is 4.45. The molecule has 0 aromatic heterocycles. The van der Waals surface area contributed by atoms with E-state index in [2.05, 4.69) is 5.32 Å². The van der Waals surface area contributed by atoms with Crippen LogP contribution in [0, 0.1) is 0 Å². The minimum Gasteiger partial charge on any atom is -0.507 e. The largest absolute Gasteiger partial charge is 0.507 e. The average molecular weight is 286 g/mol. The van der Waals surface area contributed by atoms with Crippen molar-refractivity contribution in [3.05, 3.63) is 53.6 Å². The van der Waals surface area contributed by atoms with Gasteiger partial charge in [0.05, 0.1) is 12.7 Å². The second-order valence-electron chi connectivity index (χ2n) is 4.75. The van der Waals surface area contributed by atoms with Crippen molar-refractivity contribution in [2.75, 3.05) is 12.4 Å². The van der Waals surface area contributed by atoms with Crippen molar-refractivity contribution in [2.45, 2.75) is 13.0 Å². The Labute approximate surface area is 123 Å². The van der Waals surface area contributed by atoms with Crippen molar-refractivity contribution in [1.29, 1.82) is 0 Å². The number of anilines is 1. The third kappa shape index (κ3) is 3.52. The minimum atomic E-state index is -0.409. The molecular formula is C16H18N2O3. The predicted molar refractivity (Wildman–Crippen MR) is 81.7 cm³/mol. The van der Waals surface area contributed by atoms with Crippen molar-refractivity contribution in [3.63, 3.8) is 0 Å². The predicted octanol–water partition coefficient (Wildman–Crippen LogP) is 2.67. The molecule has 0 radical (unpaired) electrons. The molecule has 5 nitrogen and oxygen atoms in total. The highest BCUT2D eigenvalue weighted by atomic mass is 16.5. The van der Waals surface area contributed by atoms with Crippen LogP contribution in [-0.2, 0) is 0 Å². The van der Waals surface area contributed by atoms with Crippen LogP contribution >= 0.6 is 0 Å². The Balaban J connectivity index is 2.24. The highest BCUT2D eigenvalue weighted by molar-refractivity contribution is 6.06. The van der Waals surface area contributed by atoms with Crippen LogP contribution in [0.3, 0.4) is 0 Å². The summed E-state index contributed by atoms with van der Waals surface area (Å²) in [5, 5.41) is 12.5. The van der Waals surface area contributed by atoms with Crippen molar-refractivity contribution >= 4 is 11.6 Å². The number of carbonyl (C=O) groups is 1. The maximum atomic E-state index is 12.2. The lowest BCUT2D eigenvalue weighted by Gasteiger charge is -2.11. The summed E-state index contributed by atoms with van der Waals surface area (Å²) in [7, 11) is 1.50. The number of benzene rings is 2. The first kappa shape index (κ1) is 14.9. The highest BCUT2D eigenvalue weighted by Gasteiger charge is 2.13. The molecule has 0 saturated carbocycles. The highest BCUT2D eigenvalue weighted by Crippen LogP contribution is 2.24. The van der Waals surface area contributed by atoms with Gasteiger partial charge in [-0.05, 0) is 42.8 Å². The molecule has 1 amide bonds. The van der Waals surface area contributed by atoms with Crippen molar-refractivity contribution in [2.24, 2.45) is 5.73 Å². The summed E-state index contributed by atoms with van der Waals surface area (Å²) in [4.78, 5) is 12.2. The van der Waals surface area contributed by atoms with Crippen LogP contribution in [0.2, 0.25) is 0 Å². The maximum Gasteiger partial charge on any atom is 0.259 e. The van der Waals surface area contributed by atoms with Gasteiger partial charge in [0.15, 0.2) is 0 Å². The van der Waals surface area contributed by atoms with Gasteiger partial charge in [0, 0.05) is 11.7 Å². The molecule has 0 bridgehead atoms. The zero-order valence-corrected chi connectivity index (χ0v) is 12.0. The SMILES string of the molecule is COc1ccc(O)c(C(=O)Nc2cccc(C(C)N)c2)c1. The van der Waals surface area contributed by atoms with Gasteiger partial charge in [-0.25, -0.2) is 0 Å². The van der Waals surface area contributed by atoms with Crippen LogP contribution in [0.1, 0.15) is 28.9 Å². The van der Waals surface area contributed by atoms with E-state index in [1.54, 1.807) is 18.2 Å². The van der Waals surface area contributed by atoms with Gasteiger partial charge in [-0.2, -0.15) is 0 Å². The number of aromatic hydroxyl groups is 1. The lowest BCUT2D eigenvalue weighted by atomic mass is 10.1. The molecule has 2 rings (SSSR count). The molecule has 0 fully saturated rings. The number of hydrogen-bond donors (Lipinski definition) is 3. The number of rotatable bonds is 4. The Bertz CT molecular complexity index is 654. The molecular weight excluding hydrogens is 268 g/mol. The van der Waals surface area contributed by atoms with E-state index in [0.717, 1.165) is 5.56 Å². The standard InChI is InChI=1S/C16H18N2O3/c1-10(17)11-4-3-5-12(8-11)18-16(20)14-9-13(21-2)6-7-15(14)19/h3-10,19H,17H2,1-2H3,(H,18,20). The Morgan fingerprint density at radius 2 is 2.05 bits per heavy atom. The van der Waals surface area contributed by atoms with E-state index in [-0.39, 0.29) is 17.4 Å². The van der Waals surface area contributed by atoms with E-state index >= 15 is 0 Å². The Hall–Kier alpha value is -2.53. The molecule has 1 atom stereocenters. The number of phenolic OH excluding ortho intramolecular Hbond substituents is 1. The summed E-state index contributed by atoms with van der Waals surface area (Å²) in [5.41, 5.74) is 7.51. The number of phenols is 1. The topological polar surface area (TPSA) is 84.6 Å². The fraction of sp³-hybridized carbons (Fsp3) is 0.188. The first-order valence-corrected chi connectivity index (χ1v) is 6.55. The summed E-state index contributed by atoms with van der Waals surface area (Å²) in [6, 6.07) is 11.7. The normalized spacial score (nSPS) is 11.8. The number of ether oxygens (including phenoxy) is 1. The summed E-state index contributed by atoms with van der Waals surface area (Å²) in [5.74, 6) is -0.00727. The molecule has 0 saturated heterocycles. The lowest BCUT2D eigenvalue weighted by Crippen LogP contribution is -2.13. The van der Waals surface area contributed by atoms with E-state index in [9.17, 15) is 9.90 Å². The van der Waals surface area contributed by atoms with E-state index in [4.69, 9.17) is 10.5 Å². The summed E-state index contributed by atoms with van der Waals surface area (Å²) in [6.07, 6.45) is 0. The van der Waals surface area contributed by atoms with E-state index in [1.165, 1.54) is 19.2 Å². The zero-order valence-electron chi connectivity index (χ0n) is 12.0. The fourth-order valence-corrected chi connectivity index (χ4v) is 1.92. The van der Waals surface area contributed by atoms with Crippen molar-refractivity contribution in [1.82, 2.24) is 0 Å². The van der Waals surface area contributed by atoms with Gasteiger partial charge < -0.3 is 20.9 Å². The molecule has 0 heterocycles. The fourth-order valence-electron chi connectivity index (χ4n) is 1.92. The lowest BCUT2D eigenvalue weighted by molar-refractivity contribution is 0.102. The first-order chi connectivity index (χ1) is 10.0. The molecule has 0 spiro atoms. The third-order valence-corrected chi connectivity index (χ3v) is 3.12. The number of methoxy groups -OCH3 is 1. The van der Waals surface area contributed by atoms with Crippen LogP contribution in [0.25, 0.3) is 0 Å². The number of nitrogens with two attached hydrogens (primary N) is 1. The van der Waals surface area contributed by atoms with Gasteiger partial charge in [0.1, 0.15) is 11.5 Å². The van der Waals surface area contributed by atoms with Crippen LogP contribution in [-0.4, -0.2) is 18.1 Å². The van der Waals surface area contributed by atoms with E-state index in [0.29, 0.717) is 11.4 Å². The van der Waals surface area contributed by atoms with Gasteiger partial charge >= 0.3 is 0 Å². The summed E-state index contributed by atoms with van der Waals surface area (Å²) < 4.78 is 5.05. The van der Waals surface area contributed by atoms with Crippen LogP contribution < -0.4 is 15.8 Å². The Morgan fingerprint density at radius 1 is 1.29 bits per heavy atom. The molecule has 0 aliphatic carbocycles. The number of hydrogen-bond acceptors (Lipinski definition) is 4. The minimum absolute atomic E-state index is 0.100. The molecule has 21 heavy (non-hydrogen) atoms. The first-order valence-electron chi connectivity index (χ1n) is 6.55. The van der Waals surface area contributed by atoms with Crippen molar-refractivity contribution < 1.29 is 14.6 Å². The smallest absolute Gasteiger partial charge is 0.259 e. The second kappa shape index (κ2) is 6.28. The van der Waals surface area contributed by atoms with Gasteiger partial charge in [-0.3, -0.25) is 4.79 Å². The van der Waals surface area contributed by atoms with Crippen LogP contribution in [0.15, 0.2) is 42.5 Å². The zero-order chi connectivity index (χ0) is 15.4. The summed E-state index contributed by atoms with van der Waals surface area (Å²) >= 11 is 0. The van der Waals surface area contributed by atoms with E-state index < -0.39 is 5.91 Å². The number of carbonyl (C=O) groups excluding carboxylic acids is 1. The van der Waals surface area contributed by atoms with Crippen LogP contribution in [0.5, 0.6) is 11.5 Å². The monoisotopic (exact) mass is 286 g/mol. The molecule has 5 heteroatoms.